The molecule has 10 heteroatoms. The molecule has 0 bridgehead atoms. The second-order valence-electron chi connectivity index (χ2n) is 9.63. The first kappa shape index (κ1) is 28.7. The first-order chi connectivity index (χ1) is 18.2. The van der Waals surface area contributed by atoms with E-state index in [2.05, 4.69) is 35.3 Å². The van der Waals surface area contributed by atoms with E-state index in [0.29, 0.717) is 35.1 Å². The SMILES string of the molecule is C#CCNC(=O)/C(C#N)=c1\s/c(=C/Nc2cccc(N(C)C(=O)CN3CC(C)CC(C)C3)c2)c(=O)n1CC. The van der Waals surface area contributed by atoms with Crippen molar-refractivity contribution in [3.05, 3.63) is 43.8 Å². The number of likely N-dealkylation sites (N-methyl/N-ethyl adjacent to an activating group) is 1. The minimum Gasteiger partial charge on any atom is -0.360 e. The summed E-state index contributed by atoms with van der Waals surface area (Å²) in [6.07, 6.45) is 7.93. The molecule has 38 heavy (non-hydrogen) atoms. The van der Waals surface area contributed by atoms with Crippen molar-refractivity contribution in [3.63, 3.8) is 0 Å². The Kier molecular flexibility index (Phi) is 9.89. The van der Waals surface area contributed by atoms with E-state index in [1.54, 1.807) is 25.1 Å². The largest absolute Gasteiger partial charge is 0.360 e. The average molecular weight is 535 g/mol. The molecule has 1 aliphatic rings. The van der Waals surface area contributed by atoms with E-state index in [1.807, 2.05) is 30.3 Å². The zero-order valence-corrected chi connectivity index (χ0v) is 23.1. The number of carbonyl (C=O) groups is 2. The molecule has 0 radical (unpaired) electrons. The number of terminal acetylenes is 1. The van der Waals surface area contributed by atoms with Gasteiger partial charge in [-0.1, -0.05) is 25.8 Å². The molecule has 1 fully saturated rings. The molecule has 2 heterocycles. The summed E-state index contributed by atoms with van der Waals surface area (Å²) in [5, 5.41) is 15.2. The highest BCUT2D eigenvalue weighted by molar-refractivity contribution is 7.07. The van der Waals surface area contributed by atoms with Crippen LogP contribution < -0.4 is 30.3 Å². The van der Waals surface area contributed by atoms with E-state index in [9.17, 15) is 19.6 Å². The molecule has 2 atom stereocenters. The third-order valence-electron chi connectivity index (χ3n) is 6.41. The number of hydrogen-bond acceptors (Lipinski definition) is 7. The highest BCUT2D eigenvalue weighted by atomic mass is 32.1. The lowest BCUT2D eigenvalue weighted by atomic mass is 9.92. The van der Waals surface area contributed by atoms with Crippen LogP contribution in [0.1, 0.15) is 27.2 Å². The van der Waals surface area contributed by atoms with Crippen LogP contribution in [0.15, 0.2) is 29.1 Å². The van der Waals surface area contributed by atoms with Gasteiger partial charge in [-0.15, -0.1) is 17.8 Å². The van der Waals surface area contributed by atoms with Gasteiger partial charge in [-0.25, -0.2) is 0 Å². The van der Waals surface area contributed by atoms with Gasteiger partial charge in [0.2, 0.25) is 5.91 Å². The van der Waals surface area contributed by atoms with Crippen LogP contribution in [-0.4, -0.2) is 54.5 Å². The van der Waals surface area contributed by atoms with Gasteiger partial charge in [0.05, 0.1) is 13.1 Å². The summed E-state index contributed by atoms with van der Waals surface area (Å²) in [4.78, 5) is 42.2. The van der Waals surface area contributed by atoms with Crippen molar-refractivity contribution in [3.8, 4) is 18.4 Å². The Balaban J connectivity index is 1.82. The summed E-state index contributed by atoms with van der Waals surface area (Å²) in [7, 11) is 1.76. The second kappa shape index (κ2) is 13.1. The van der Waals surface area contributed by atoms with Crippen LogP contribution in [-0.2, 0) is 16.1 Å². The Morgan fingerprint density at radius 1 is 1.29 bits per heavy atom. The molecule has 0 aliphatic carbocycles. The van der Waals surface area contributed by atoms with Crippen LogP contribution in [0.4, 0.5) is 11.4 Å². The smallest absolute Gasteiger partial charge is 0.270 e. The molecule has 1 aromatic heterocycles. The fraction of sp³-hybridized carbons (Fsp3) is 0.429. The fourth-order valence-electron chi connectivity index (χ4n) is 4.72. The van der Waals surface area contributed by atoms with Gasteiger partial charge >= 0.3 is 0 Å². The number of piperidine rings is 1. The number of aromatic nitrogens is 1. The third kappa shape index (κ3) is 6.91. The molecule has 2 amide bonds. The summed E-state index contributed by atoms with van der Waals surface area (Å²) in [5.74, 6) is 2.84. The Hall–Kier alpha value is -3.86. The Morgan fingerprint density at radius 3 is 2.63 bits per heavy atom. The maximum atomic E-state index is 13.0. The van der Waals surface area contributed by atoms with Crippen LogP contribution in [0.5, 0.6) is 0 Å². The maximum absolute atomic E-state index is 13.0. The zero-order chi connectivity index (χ0) is 27.8. The summed E-state index contributed by atoms with van der Waals surface area (Å²) < 4.78 is 1.99. The van der Waals surface area contributed by atoms with Crippen LogP contribution in [0.3, 0.4) is 0 Å². The fourth-order valence-corrected chi connectivity index (χ4v) is 5.81. The molecular weight excluding hydrogens is 500 g/mol. The number of nitriles is 1. The van der Waals surface area contributed by atoms with Crippen LogP contribution in [0, 0.1) is 35.5 Å². The van der Waals surface area contributed by atoms with Crippen molar-refractivity contribution in [2.24, 2.45) is 11.8 Å². The molecule has 0 spiro atoms. The van der Waals surface area contributed by atoms with E-state index in [4.69, 9.17) is 6.42 Å². The highest BCUT2D eigenvalue weighted by Gasteiger charge is 2.24. The summed E-state index contributed by atoms with van der Waals surface area (Å²) in [6, 6.07) is 9.26. The molecule has 2 aromatic rings. The van der Waals surface area contributed by atoms with E-state index < -0.39 is 5.91 Å². The Morgan fingerprint density at radius 2 is 2.00 bits per heavy atom. The zero-order valence-electron chi connectivity index (χ0n) is 22.3. The second-order valence-corrected chi connectivity index (χ2v) is 10.7. The van der Waals surface area contributed by atoms with Gasteiger partial charge in [0.25, 0.3) is 11.5 Å². The predicted octanol–water partition coefficient (Wildman–Crippen LogP) is 1.14. The molecule has 9 nitrogen and oxygen atoms in total. The van der Waals surface area contributed by atoms with Gasteiger partial charge in [0, 0.05) is 44.3 Å². The average Bonchev–Trinajstić information content (AvgIpc) is 3.20. The van der Waals surface area contributed by atoms with Gasteiger partial charge in [0.1, 0.15) is 15.3 Å². The molecular formula is C28H34N6O3S. The van der Waals surface area contributed by atoms with Crippen LogP contribution in [0.25, 0.3) is 11.8 Å². The normalized spacial score (nSPS) is 18.7. The number of likely N-dealkylation sites (tertiary alicyclic amines) is 1. The molecule has 3 rings (SSSR count). The number of benzene rings is 1. The van der Waals surface area contributed by atoms with Crippen molar-refractivity contribution < 1.29 is 9.59 Å². The predicted molar refractivity (Wildman–Crippen MR) is 152 cm³/mol. The number of hydrogen-bond donors (Lipinski definition) is 2. The Labute approximate surface area is 227 Å². The van der Waals surface area contributed by atoms with Crippen molar-refractivity contribution in [2.45, 2.75) is 33.7 Å². The lowest BCUT2D eigenvalue weighted by Gasteiger charge is -2.35. The molecule has 0 saturated carbocycles. The number of rotatable bonds is 8. The summed E-state index contributed by atoms with van der Waals surface area (Å²) in [5.41, 5.74) is 0.944. The molecule has 1 saturated heterocycles. The number of anilines is 2. The first-order valence-electron chi connectivity index (χ1n) is 12.6. The minimum absolute atomic E-state index is 0.0174. The first-order valence-corrected chi connectivity index (χ1v) is 13.4. The third-order valence-corrected chi connectivity index (χ3v) is 7.54. The lowest BCUT2D eigenvalue weighted by Crippen LogP contribution is -2.45. The van der Waals surface area contributed by atoms with Gasteiger partial charge in [-0.05, 0) is 43.4 Å². The topological polar surface area (TPSA) is 110 Å². The highest BCUT2D eigenvalue weighted by Crippen LogP contribution is 2.22. The van der Waals surface area contributed by atoms with E-state index >= 15 is 0 Å². The van der Waals surface area contributed by atoms with Crippen LogP contribution in [0.2, 0.25) is 0 Å². The maximum Gasteiger partial charge on any atom is 0.270 e. The van der Waals surface area contributed by atoms with Gasteiger partial charge < -0.3 is 15.5 Å². The van der Waals surface area contributed by atoms with E-state index in [-0.39, 0.29) is 28.2 Å². The van der Waals surface area contributed by atoms with E-state index in [0.717, 1.165) is 30.1 Å². The van der Waals surface area contributed by atoms with Crippen LogP contribution >= 0.6 is 11.3 Å². The van der Waals surface area contributed by atoms with Gasteiger partial charge in [-0.3, -0.25) is 23.9 Å². The van der Waals surface area contributed by atoms with E-state index in [1.165, 1.54) is 11.0 Å². The van der Waals surface area contributed by atoms with Crippen molar-refractivity contribution in [2.75, 3.05) is 43.4 Å². The van der Waals surface area contributed by atoms with Crippen molar-refractivity contribution >= 4 is 46.3 Å². The van der Waals surface area contributed by atoms with Gasteiger partial charge in [-0.2, -0.15) is 5.26 Å². The molecule has 2 unspecified atom stereocenters. The quantitative estimate of drug-likeness (QED) is 0.492. The number of nitrogens with zero attached hydrogens (tertiary/aromatic N) is 4. The molecule has 200 valence electrons. The number of thiazole rings is 1. The minimum atomic E-state index is -0.623. The number of amides is 2. The standard InChI is InChI=1S/C28H34N6O3S/c1-6-11-30-26(36)23(14-29)28-34(7-2)27(37)24(38-28)15-31-21-9-8-10-22(13-21)32(5)25(35)18-33-16-19(3)12-20(4)17-33/h1,8-10,13,15,19-20,31H,7,11-12,16-18H2,2-5H3,(H,30,36)/b24-15+,28-23-. The van der Waals surface area contributed by atoms with Gasteiger partial charge in [0.15, 0.2) is 5.57 Å². The van der Waals surface area contributed by atoms with Crippen molar-refractivity contribution in [1.82, 2.24) is 14.8 Å². The monoisotopic (exact) mass is 534 g/mol. The molecule has 1 aromatic carbocycles. The number of nitrogens with one attached hydrogen (secondary N) is 2. The van der Waals surface area contributed by atoms with Crippen molar-refractivity contribution in [1.29, 1.82) is 5.26 Å². The molecule has 2 N–H and O–H groups in total. The Bertz CT molecular complexity index is 1430. The summed E-state index contributed by atoms with van der Waals surface area (Å²) in [6.45, 7) is 8.72. The molecule has 1 aliphatic heterocycles. The lowest BCUT2D eigenvalue weighted by molar-refractivity contribution is -0.120. The number of carbonyl (C=O) groups excluding carboxylic acids is 2. The summed E-state index contributed by atoms with van der Waals surface area (Å²) >= 11 is 1.05.